The molecule has 0 fully saturated rings. The average Bonchev–Trinajstić information content (AvgIpc) is 2.75. The molecular formula is C23H43N5O5. The number of primary amides is 1. The van der Waals surface area contributed by atoms with Crippen molar-refractivity contribution in [2.24, 2.45) is 11.7 Å². The van der Waals surface area contributed by atoms with Crippen LogP contribution < -0.4 is 21.7 Å². The first-order chi connectivity index (χ1) is 15.6. The minimum atomic E-state index is -0.407. The summed E-state index contributed by atoms with van der Waals surface area (Å²) in [6, 6.07) is -0.390. The Kier molecular flexibility index (Phi) is 16.6. The van der Waals surface area contributed by atoms with Gasteiger partial charge in [0.2, 0.25) is 23.6 Å². The summed E-state index contributed by atoms with van der Waals surface area (Å²) in [5.74, 6) is -1.10. The van der Waals surface area contributed by atoms with Gasteiger partial charge in [-0.1, -0.05) is 20.3 Å². The van der Waals surface area contributed by atoms with Crippen LogP contribution in [0.2, 0.25) is 0 Å². The fourth-order valence-electron chi connectivity index (χ4n) is 3.20. The summed E-state index contributed by atoms with van der Waals surface area (Å²) in [6.45, 7) is 5.86. The number of rotatable bonds is 19. The van der Waals surface area contributed by atoms with Gasteiger partial charge in [0, 0.05) is 25.4 Å². The zero-order valence-corrected chi connectivity index (χ0v) is 20.7. The Hall–Kier alpha value is -2.49. The Bertz CT molecular complexity index is 641. The molecule has 4 amide bonds. The first kappa shape index (κ1) is 30.5. The zero-order valence-electron chi connectivity index (χ0n) is 20.7. The first-order valence-electron chi connectivity index (χ1n) is 11.9. The maximum absolute atomic E-state index is 12.4. The normalized spacial score (nSPS) is 12.5. The van der Waals surface area contributed by atoms with Crippen molar-refractivity contribution in [1.29, 1.82) is 0 Å². The number of carbonyl (C=O) groups excluding carboxylic acids is 5. The highest BCUT2D eigenvalue weighted by atomic mass is 16.2. The second-order valence-electron chi connectivity index (χ2n) is 8.45. The Morgan fingerprint density at radius 1 is 0.879 bits per heavy atom. The lowest BCUT2D eigenvalue weighted by Gasteiger charge is -2.22. The molecule has 0 bridgehead atoms. The van der Waals surface area contributed by atoms with Crippen LogP contribution >= 0.6 is 0 Å². The van der Waals surface area contributed by atoms with Gasteiger partial charge in [-0.15, -0.1) is 0 Å². The molecule has 0 aliphatic carbocycles. The highest BCUT2D eigenvalue weighted by molar-refractivity contribution is 5.89. The van der Waals surface area contributed by atoms with E-state index in [4.69, 9.17) is 5.73 Å². The fourth-order valence-corrected chi connectivity index (χ4v) is 3.20. The molecule has 0 rings (SSSR count). The van der Waals surface area contributed by atoms with Crippen molar-refractivity contribution in [2.75, 3.05) is 33.2 Å². The van der Waals surface area contributed by atoms with E-state index in [0.717, 1.165) is 19.3 Å². The van der Waals surface area contributed by atoms with Crippen LogP contribution in [-0.4, -0.2) is 73.6 Å². The number of nitrogens with zero attached hydrogens (tertiary/aromatic N) is 1. The van der Waals surface area contributed by atoms with E-state index in [1.54, 1.807) is 14.0 Å². The highest BCUT2D eigenvalue weighted by Gasteiger charge is 2.19. The van der Waals surface area contributed by atoms with E-state index in [2.05, 4.69) is 16.0 Å². The molecule has 0 saturated heterocycles. The molecular weight excluding hydrogens is 426 g/mol. The lowest BCUT2D eigenvalue weighted by atomic mass is 10.0. The Morgan fingerprint density at radius 3 is 1.82 bits per heavy atom. The van der Waals surface area contributed by atoms with Gasteiger partial charge in [-0.05, 0) is 52.5 Å². The molecule has 190 valence electrons. The van der Waals surface area contributed by atoms with E-state index >= 15 is 0 Å². The SMILES string of the molecule is CCCC(=O)N(CC(=O)NCCCCC(C)C(C)=O)CC(=O)NCCCCC(NC)C(N)=O. The zero-order chi connectivity index (χ0) is 25.2. The van der Waals surface area contributed by atoms with Crippen molar-refractivity contribution in [3.63, 3.8) is 0 Å². The standard InChI is InChI=1S/C23H43N5O5/c1-5-10-22(32)28(15-20(30)26-13-8-6-11-17(2)18(3)29)16-21(31)27-14-9-7-12-19(25-4)23(24)33/h17,19,25H,5-16H2,1-4H3,(H2,24,33)(H,26,30)(H,27,31). The first-order valence-corrected chi connectivity index (χ1v) is 11.9. The largest absolute Gasteiger partial charge is 0.368 e. The van der Waals surface area contributed by atoms with Crippen LogP contribution in [0.1, 0.15) is 72.1 Å². The minimum absolute atomic E-state index is 0.0225. The smallest absolute Gasteiger partial charge is 0.239 e. The van der Waals surface area contributed by atoms with Gasteiger partial charge in [-0.2, -0.15) is 0 Å². The van der Waals surface area contributed by atoms with Crippen molar-refractivity contribution in [3.05, 3.63) is 0 Å². The molecule has 5 N–H and O–H groups in total. The van der Waals surface area contributed by atoms with Gasteiger partial charge >= 0.3 is 0 Å². The quantitative estimate of drug-likeness (QED) is 0.202. The van der Waals surface area contributed by atoms with E-state index in [1.165, 1.54) is 4.90 Å². The number of likely N-dealkylation sites (N-methyl/N-ethyl adjacent to an activating group) is 1. The van der Waals surface area contributed by atoms with Gasteiger partial charge in [-0.25, -0.2) is 0 Å². The number of Topliss-reactive ketones (excluding diaryl/α,β-unsaturated/α-hetero) is 1. The lowest BCUT2D eigenvalue weighted by molar-refractivity contribution is -0.139. The molecule has 0 saturated carbocycles. The second-order valence-corrected chi connectivity index (χ2v) is 8.45. The van der Waals surface area contributed by atoms with Crippen LogP contribution in [0, 0.1) is 5.92 Å². The van der Waals surface area contributed by atoms with E-state index < -0.39 is 5.91 Å². The van der Waals surface area contributed by atoms with Crippen LogP contribution in [0.25, 0.3) is 0 Å². The van der Waals surface area contributed by atoms with E-state index in [-0.39, 0.29) is 55.0 Å². The topological polar surface area (TPSA) is 151 Å². The minimum Gasteiger partial charge on any atom is -0.368 e. The van der Waals surface area contributed by atoms with E-state index in [9.17, 15) is 24.0 Å². The molecule has 0 aromatic carbocycles. The monoisotopic (exact) mass is 469 g/mol. The number of carbonyl (C=O) groups is 5. The summed E-state index contributed by atoms with van der Waals surface area (Å²) in [5.41, 5.74) is 5.27. The Labute approximate surface area is 197 Å². The summed E-state index contributed by atoms with van der Waals surface area (Å²) in [6.07, 6.45) is 5.21. The number of nitrogens with one attached hydrogen (secondary N) is 3. The number of hydrogen-bond acceptors (Lipinski definition) is 6. The molecule has 0 aromatic rings. The summed E-state index contributed by atoms with van der Waals surface area (Å²) < 4.78 is 0. The van der Waals surface area contributed by atoms with Gasteiger partial charge in [0.05, 0.1) is 6.04 Å². The third-order valence-corrected chi connectivity index (χ3v) is 5.50. The predicted molar refractivity (Wildman–Crippen MR) is 127 cm³/mol. The highest BCUT2D eigenvalue weighted by Crippen LogP contribution is 2.08. The Morgan fingerprint density at radius 2 is 1.39 bits per heavy atom. The van der Waals surface area contributed by atoms with Crippen molar-refractivity contribution >= 4 is 29.4 Å². The molecule has 10 nitrogen and oxygen atoms in total. The summed E-state index contributed by atoms with van der Waals surface area (Å²) in [7, 11) is 1.67. The molecule has 0 spiro atoms. The van der Waals surface area contributed by atoms with Crippen molar-refractivity contribution in [1.82, 2.24) is 20.9 Å². The van der Waals surface area contributed by atoms with Crippen molar-refractivity contribution in [3.8, 4) is 0 Å². The average molecular weight is 470 g/mol. The van der Waals surface area contributed by atoms with Gasteiger partial charge in [-0.3, -0.25) is 24.0 Å². The molecule has 10 heteroatoms. The number of nitrogens with two attached hydrogens (primary N) is 1. The molecule has 33 heavy (non-hydrogen) atoms. The third kappa shape index (κ3) is 15.1. The molecule has 0 aromatic heterocycles. The second kappa shape index (κ2) is 18.0. The van der Waals surface area contributed by atoms with E-state index in [1.807, 2.05) is 13.8 Å². The maximum atomic E-state index is 12.4. The van der Waals surface area contributed by atoms with E-state index in [0.29, 0.717) is 38.8 Å². The van der Waals surface area contributed by atoms with Gasteiger partial charge in [0.1, 0.15) is 18.9 Å². The predicted octanol–water partition coefficient (Wildman–Crippen LogP) is 0.487. The van der Waals surface area contributed by atoms with Crippen molar-refractivity contribution < 1.29 is 24.0 Å². The third-order valence-electron chi connectivity index (χ3n) is 5.50. The van der Waals surface area contributed by atoms with Crippen LogP contribution in [0.4, 0.5) is 0 Å². The summed E-state index contributed by atoms with van der Waals surface area (Å²) in [4.78, 5) is 60.6. The summed E-state index contributed by atoms with van der Waals surface area (Å²) >= 11 is 0. The molecule has 0 aliphatic heterocycles. The van der Waals surface area contributed by atoms with Crippen LogP contribution in [0.3, 0.4) is 0 Å². The van der Waals surface area contributed by atoms with Gasteiger partial charge in [0.25, 0.3) is 0 Å². The number of ketones is 1. The molecule has 2 unspecified atom stereocenters. The number of hydrogen-bond donors (Lipinski definition) is 4. The number of amides is 4. The van der Waals surface area contributed by atoms with Gasteiger partial charge in [0.15, 0.2) is 0 Å². The summed E-state index contributed by atoms with van der Waals surface area (Å²) in [5, 5.41) is 8.38. The fraction of sp³-hybridized carbons (Fsp3) is 0.783. The maximum Gasteiger partial charge on any atom is 0.239 e. The number of unbranched alkanes of at least 4 members (excludes halogenated alkanes) is 2. The Balaban J connectivity index is 4.37. The van der Waals surface area contributed by atoms with Crippen LogP contribution in [0.5, 0.6) is 0 Å². The molecule has 2 atom stereocenters. The van der Waals surface area contributed by atoms with Gasteiger partial charge < -0.3 is 26.6 Å². The van der Waals surface area contributed by atoms with Crippen LogP contribution in [-0.2, 0) is 24.0 Å². The van der Waals surface area contributed by atoms with Crippen LogP contribution in [0.15, 0.2) is 0 Å². The molecule has 0 heterocycles. The van der Waals surface area contributed by atoms with Crippen molar-refractivity contribution in [2.45, 2.75) is 78.2 Å². The molecule has 0 radical (unpaired) electrons. The lowest BCUT2D eigenvalue weighted by Crippen LogP contribution is -2.46. The molecule has 0 aliphatic rings.